The van der Waals surface area contributed by atoms with E-state index in [1.165, 1.54) is 6.92 Å². The van der Waals surface area contributed by atoms with Gasteiger partial charge < -0.3 is 15.4 Å². The van der Waals surface area contributed by atoms with Gasteiger partial charge in [-0.15, -0.1) is 0 Å². The van der Waals surface area contributed by atoms with Crippen LogP contribution in [-0.4, -0.2) is 47.4 Å². The van der Waals surface area contributed by atoms with E-state index in [9.17, 15) is 19.2 Å². The molecule has 0 unspecified atom stereocenters. The molecule has 4 amide bonds. The van der Waals surface area contributed by atoms with Crippen molar-refractivity contribution in [1.29, 1.82) is 0 Å². The first-order valence-electron chi connectivity index (χ1n) is 9.63. The summed E-state index contributed by atoms with van der Waals surface area (Å²) in [4.78, 5) is 50.7. The van der Waals surface area contributed by atoms with E-state index in [2.05, 4.69) is 10.6 Å². The van der Waals surface area contributed by atoms with E-state index in [1.54, 1.807) is 0 Å². The number of aryl methyl sites for hydroxylation is 1. The number of benzene rings is 1. The molecule has 28 heavy (non-hydrogen) atoms. The number of carbonyl (C=O) groups excluding carboxylic acids is 4. The number of imide groups is 1. The Morgan fingerprint density at radius 1 is 1.32 bits per heavy atom. The van der Waals surface area contributed by atoms with Crippen LogP contribution >= 0.6 is 0 Å². The van der Waals surface area contributed by atoms with Crippen molar-refractivity contribution < 1.29 is 23.9 Å². The molecule has 8 heteroatoms. The number of nitrogens with zero attached hydrogens (tertiary/aromatic N) is 1. The fourth-order valence-electron chi connectivity index (χ4n) is 3.92. The number of fused-ring (bicyclic) bond motifs is 2. The SMILES string of the molecule is C[C@H](OC(=O)CN1C(=O)N[C@@]2(CCCc3ccccc32)C1=O)C(=O)NC1CC1. The van der Waals surface area contributed by atoms with Crippen molar-refractivity contribution in [2.75, 3.05) is 6.54 Å². The molecule has 3 aliphatic rings. The van der Waals surface area contributed by atoms with Crippen molar-refractivity contribution in [3.63, 3.8) is 0 Å². The summed E-state index contributed by atoms with van der Waals surface area (Å²) in [5, 5.41) is 5.54. The summed E-state index contributed by atoms with van der Waals surface area (Å²) in [6.45, 7) is 0.954. The summed E-state index contributed by atoms with van der Waals surface area (Å²) < 4.78 is 5.12. The van der Waals surface area contributed by atoms with Crippen LogP contribution in [0.4, 0.5) is 4.79 Å². The lowest BCUT2D eigenvalue weighted by Gasteiger charge is -2.33. The smallest absolute Gasteiger partial charge is 0.327 e. The number of carbonyl (C=O) groups is 4. The lowest BCUT2D eigenvalue weighted by molar-refractivity contribution is -0.156. The third kappa shape index (κ3) is 3.23. The second kappa shape index (κ2) is 6.92. The molecule has 1 saturated heterocycles. The highest BCUT2D eigenvalue weighted by Gasteiger charge is 2.54. The number of hydrogen-bond acceptors (Lipinski definition) is 5. The average molecular weight is 385 g/mol. The predicted molar refractivity (Wildman–Crippen MR) is 98.0 cm³/mol. The maximum atomic E-state index is 13.1. The van der Waals surface area contributed by atoms with Gasteiger partial charge in [-0.3, -0.25) is 19.3 Å². The molecule has 1 heterocycles. The number of ether oxygens (including phenoxy) is 1. The third-order valence-corrected chi connectivity index (χ3v) is 5.54. The number of amides is 4. The van der Waals surface area contributed by atoms with Crippen LogP contribution in [0.5, 0.6) is 0 Å². The van der Waals surface area contributed by atoms with Gasteiger partial charge >= 0.3 is 12.0 Å². The second-order valence-corrected chi connectivity index (χ2v) is 7.65. The number of rotatable bonds is 5. The minimum Gasteiger partial charge on any atom is -0.451 e. The maximum absolute atomic E-state index is 13.1. The zero-order valence-electron chi connectivity index (χ0n) is 15.7. The molecule has 1 aliphatic heterocycles. The Morgan fingerprint density at radius 3 is 2.82 bits per heavy atom. The monoisotopic (exact) mass is 385 g/mol. The second-order valence-electron chi connectivity index (χ2n) is 7.65. The Kier molecular flexibility index (Phi) is 4.56. The highest BCUT2D eigenvalue weighted by Crippen LogP contribution is 2.39. The van der Waals surface area contributed by atoms with Gasteiger partial charge in [-0.05, 0) is 50.2 Å². The fraction of sp³-hybridized carbons (Fsp3) is 0.500. The zero-order valence-corrected chi connectivity index (χ0v) is 15.7. The summed E-state index contributed by atoms with van der Waals surface area (Å²) in [6.07, 6.45) is 2.98. The van der Waals surface area contributed by atoms with E-state index < -0.39 is 36.1 Å². The summed E-state index contributed by atoms with van der Waals surface area (Å²) >= 11 is 0. The molecule has 0 bridgehead atoms. The quantitative estimate of drug-likeness (QED) is 0.581. The van der Waals surface area contributed by atoms with Crippen molar-refractivity contribution >= 4 is 23.8 Å². The van der Waals surface area contributed by atoms with E-state index in [0.717, 1.165) is 41.7 Å². The first kappa shape index (κ1) is 18.5. The molecule has 2 atom stereocenters. The number of nitrogens with one attached hydrogen (secondary N) is 2. The van der Waals surface area contributed by atoms with Crippen molar-refractivity contribution in [1.82, 2.24) is 15.5 Å². The van der Waals surface area contributed by atoms with E-state index in [4.69, 9.17) is 4.74 Å². The van der Waals surface area contributed by atoms with Crippen LogP contribution < -0.4 is 10.6 Å². The zero-order chi connectivity index (χ0) is 19.9. The Bertz CT molecular complexity index is 850. The summed E-state index contributed by atoms with van der Waals surface area (Å²) in [7, 11) is 0. The lowest BCUT2D eigenvalue weighted by Crippen LogP contribution is -2.47. The van der Waals surface area contributed by atoms with E-state index in [1.807, 2.05) is 24.3 Å². The molecule has 4 rings (SSSR count). The summed E-state index contributed by atoms with van der Waals surface area (Å²) in [6, 6.07) is 7.08. The third-order valence-electron chi connectivity index (χ3n) is 5.54. The predicted octanol–water partition coefficient (Wildman–Crippen LogP) is 0.980. The minimum atomic E-state index is -1.12. The van der Waals surface area contributed by atoms with Gasteiger partial charge in [0.05, 0.1) is 0 Å². The lowest BCUT2D eigenvalue weighted by atomic mass is 9.76. The van der Waals surface area contributed by atoms with Crippen LogP contribution in [0.2, 0.25) is 0 Å². The molecule has 1 aromatic rings. The van der Waals surface area contributed by atoms with Crippen molar-refractivity contribution in [3.05, 3.63) is 35.4 Å². The molecule has 0 aromatic heterocycles. The molecule has 1 saturated carbocycles. The van der Waals surface area contributed by atoms with Gasteiger partial charge in [-0.1, -0.05) is 24.3 Å². The van der Waals surface area contributed by atoms with Gasteiger partial charge in [0.2, 0.25) is 0 Å². The number of urea groups is 1. The summed E-state index contributed by atoms with van der Waals surface area (Å²) in [5.74, 6) is -1.61. The van der Waals surface area contributed by atoms with Gasteiger partial charge in [0, 0.05) is 6.04 Å². The molecule has 2 N–H and O–H groups in total. The average Bonchev–Trinajstić information content (AvgIpc) is 3.45. The highest BCUT2D eigenvalue weighted by molar-refractivity contribution is 6.09. The van der Waals surface area contributed by atoms with Crippen molar-refractivity contribution in [2.45, 2.75) is 56.7 Å². The number of hydrogen-bond donors (Lipinski definition) is 2. The van der Waals surface area contributed by atoms with Crippen LogP contribution in [0.25, 0.3) is 0 Å². The van der Waals surface area contributed by atoms with E-state index in [0.29, 0.717) is 6.42 Å². The van der Waals surface area contributed by atoms with Crippen LogP contribution in [0, 0.1) is 0 Å². The molecular formula is C20H23N3O5. The topological polar surface area (TPSA) is 105 Å². The molecule has 0 radical (unpaired) electrons. The highest BCUT2D eigenvalue weighted by atomic mass is 16.5. The van der Waals surface area contributed by atoms with Gasteiger partial charge in [-0.25, -0.2) is 4.79 Å². The van der Waals surface area contributed by atoms with Crippen LogP contribution in [0.15, 0.2) is 24.3 Å². The summed E-state index contributed by atoms with van der Waals surface area (Å²) in [5.41, 5.74) is 0.686. The van der Waals surface area contributed by atoms with Crippen LogP contribution in [0.1, 0.15) is 43.7 Å². The molecule has 2 fully saturated rings. The normalized spacial score (nSPS) is 24.5. The van der Waals surface area contributed by atoms with Gasteiger partial charge in [0.15, 0.2) is 6.10 Å². The van der Waals surface area contributed by atoms with Crippen LogP contribution in [-0.2, 0) is 31.1 Å². The Balaban J connectivity index is 1.45. The Hall–Kier alpha value is -2.90. The molecular weight excluding hydrogens is 362 g/mol. The Morgan fingerprint density at radius 2 is 2.07 bits per heavy atom. The number of esters is 1. The minimum absolute atomic E-state index is 0.158. The largest absolute Gasteiger partial charge is 0.451 e. The molecule has 8 nitrogen and oxygen atoms in total. The van der Waals surface area contributed by atoms with Gasteiger partial charge in [0.1, 0.15) is 12.1 Å². The van der Waals surface area contributed by atoms with Gasteiger partial charge in [0.25, 0.3) is 11.8 Å². The molecule has 1 spiro atoms. The molecule has 2 aliphatic carbocycles. The van der Waals surface area contributed by atoms with E-state index in [-0.39, 0.29) is 11.9 Å². The van der Waals surface area contributed by atoms with Crippen LogP contribution in [0.3, 0.4) is 0 Å². The molecule has 1 aromatic carbocycles. The fourth-order valence-corrected chi connectivity index (χ4v) is 3.92. The maximum Gasteiger partial charge on any atom is 0.327 e. The first-order chi connectivity index (χ1) is 13.4. The van der Waals surface area contributed by atoms with Gasteiger partial charge in [-0.2, -0.15) is 0 Å². The standard InChI is InChI=1S/C20H23N3O5/c1-12(17(25)21-14-8-9-14)28-16(24)11-23-18(26)20(22-19(23)27)10-4-6-13-5-2-3-7-15(13)20/h2-3,5,7,12,14H,4,6,8-11H2,1H3,(H,21,25)(H,22,27)/t12-,20+/m0/s1. The van der Waals surface area contributed by atoms with E-state index >= 15 is 0 Å². The Labute approximate surface area is 162 Å². The van der Waals surface area contributed by atoms with Crippen molar-refractivity contribution in [2.24, 2.45) is 0 Å². The molecule has 148 valence electrons. The first-order valence-corrected chi connectivity index (χ1v) is 9.63. The van der Waals surface area contributed by atoms with Crippen molar-refractivity contribution in [3.8, 4) is 0 Å².